The number of hydrogen-bond donors (Lipinski definition) is 1. The fourth-order valence-electron chi connectivity index (χ4n) is 2.02. The molecule has 0 heterocycles. The van der Waals surface area contributed by atoms with E-state index in [1.807, 2.05) is 55.5 Å². The molecule has 2 aromatic carbocycles. The summed E-state index contributed by atoms with van der Waals surface area (Å²) in [6.45, 7) is 2.47. The van der Waals surface area contributed by atoms with E-state index in [1.54, 1.807) is 11.9 Å². The van der Waals surface area contributed by atoms with Crippen molar-refractivity contribution in [2.75, 3.05) is 12.8 Å². The van der Waals surface area contributed by atoms with Gasteiger partial charge >= 0.3 is 0 Å². The van der Waals surface area contributed by atoms with E-state index < -0.39 is 0 Å². The second-order valence-electron chi connectivity index (χ2n) is 4.67. The molecule has 2 N–H and O–H groups in total. The molecule has 0 radical (unpaired) electrons. The molecule has 1 amide bonds. The number of nitrogen functional groups attached to an aromatic ring is 1. The van der Waals surface area contributed by atoms with Gasteiger partial charge in [0.1, 0.15) is 0 Å². The van der Waals surface area contributed by atoms with Crippen molar-refractivity contribution in [1.29, 1.82) is 0 Å². The number of nitrogens with two attached hydrogens (primary N) is 1. The normalized spacial score (nSPS) is 10.2. The Morgan fingerprint density at radius 2 is 1.79 bits per heavy atom. The van der Waals surface area contributed by atoms with Gasteiger partial charge in [-0.05, 0) is 30.2 Å². The monoisotopic (exact) mass is 254 g/mol. The minimum atomic E-state index is -0.00588. The number of carbonyl (C=O) groups excluding carboxylic acids is 1. The maximum Gasteiger partial charge on any atom is 0.254 e. The van der Waals surface area contributed by atoms with E-state index in [-0.39, 0.29) is 5.91 Å². The first-order chi connectivity index (χ1) is 9.09. The van der Waals surface area contributed by atoms with Crippen molar-refractivity contribution in [3.05, 3.63) is 65.2 Å². The van der Waals surface area contributed by atoms with Crippen LogP contribution in [0.1, 0.15) is 21.5 Å². The first-order valence-electron chi connectivity index (χ1n) is 6.24. The van der Waals surface area contributed by atoms with Crippen LogP contribution in [-0.4, -0.2) is 17.9 Å². The van der Waals surface area contributed by atoms with Crippen molar-refractivity contribution in [2.24, 2.45) is 0 Å². The van der Waals surface area contributed by atoms with Gasteiger partial charge in [0.05, 0.1) is 0 Å². The molecule has 3 nitrogen and oxygen atoms in total. The molecule has 0 fully saturated rings. The summed E-state index contributed by atoms with van der Waals surface area (Å²) in [5, 5.41) is 0. The molecule has 0 aliphatic carbocycles. The highest BCUT2D eigenvalue weighted by Crippen LogP contribution is 2.17. The SMILES string of the molecule is Cc1c(N)cccc1C(=O)N(C)Cc1ccccc1. The van der Waals surface area contributed by atoms with E-state index >= 15 is 0 Å². The Morgan fingerprint density at radius 3 is 2.47 bits per heavy atom. The summed E-state index contributed by atoms with van der Waals surface area (Å²) < 4.78 is 0. The summed E-state index contributed by atoms with van der Waals surface area (Å²) in [7, 11) is 1.80. The number of rotatable bonds is 3. The lowest BCUT2D eigenvalue weighted by atomic mass is 10.1. The summed E-state index contributed by atoms with van der Waals surface area (Å²) in [5.41, 5.74) is 9.11. The van der Waals surface area contributed by atoms with Crippen LogP contribution in [0.2, 0.25) is 0 Å². The van der Waals surface area contributed by atoms with Crippen LogP contribution >= 0.6 is 0 Å². The fraction of sp³-hybridized carbons (Fsp3) is 0.188. The van der Waals surface area contributed by atoms with Gasteiger partial charge in [0.2, 0.25) is 0 Å². The van der Waals surface area contributed by atoms with Crippen molar-refractivity contribution in [2.45, 2.75) is 13.5 Å². The van der Waals surface area contributed by atoms with Crippen molar-refractivity contribution in [3.63, 3.8) is 0 Å². The third kappa shape index (κ3) is 2.94. The molecule has 0 unspecified atom stereocenters. The lowest BCUT2D eigenvalue weighted by Crippen LogP contribution is -2.27. The van der Waals surface area contributed by atoms with Crippen LogP contribution in [0.3, 0.4) is 0 Å². The Bertz CT molecular complexity index is 579. The third-order valence-electron chi connectivity index (χ3n) is 3.22. The number of amides is 1. The van der Waals surface area contributed by atoms with Crippen LogP contribution in [0, 0.1) is 6.92 Å². The van der Waals surface area contributed by atoms with Crippen LogP contribution in [0.15, 0.2) is 48.5 Å². The summed E-state index contributed by atoms with van der Waals surface area (Å²) in [5.74, 6) is -0.00588. The number of benzene rings is 2. The van der Waals surface area contributed by atoms with Crippen molar-refractivity contribution in [1.82, 2.24) is 4.90 Å². The molecule has 98 valence electrons. The predicted octanol–water partition coefficient (Wildman–Crippen LogP) is 2.85. The zero-order chi connectivity index (χ0) is 13.8. The van der Waals surface area contributed by atoms with Crippen molar-refractivity contribution >= 4 is 11.6 Å². The van der Waals surface area contributed by atoms with Gasteiger partial charge < -0.3 is 10.6 Å². The van der Waals surface area contributed by atoms with Gasteiger partial charge in [-0.3, -0.25) is 4.79 Å². The Labute approximate surface area is 113 Å². The van der Waals surface area contributed by atoms with Gasteiger partial charge in [-0.15, -0.1) is 0 Å². The minimum absolute atomic E-state index is 0.00588. The maximum atomic E-state index is 12.4. The Balaban J connectivity index is 2.18. The Hall–Kier alpha value is -2.29. The van der Waals surface area contributed by atoms with Crippen LogP contribution in [-0.2, 0) is 6.54 Å². The van der Waals surface area contributed by atoms with Crippen molar-refractivity contribution in [3.8, 4) is 0 Å². The molecular weight excluding hydrogens is 236 g/mol. The average molecular weight is 254 g/mol. The lowest BCUT2D eigenvalue weighted by molar-refractivity contribution is 0.0784. The average Bonchev–Trinajstić information content (AvgIpc) is 2.42. The van der Waals surface area contributed by atoms with E-state index in [9.17, 15) is 4.79 Å². The highest BCUT2D eigenvalue weighted by molar-refractivity contribution is 5.96. The predicted molar refractivity (Wildman–Crippen MR) is 77.8 cm³/mol. The summed E-state index contributed by atoms with van der Waals surface area (Å²) >= 11 is 0. The standard InChI is InChI=1S/C16H18N2O/c1-12-14(9-6-10-15(12)17)16(19)18(2)11-13-7-4-3-5-8-13/h3-10H,11,17H2,1-2H3. The molecule has 0 atom stereocenters. The number of anilines is 1. The highest BCUT2D eigenvalue weighted by Gasteiger charge is 2.15. The summed E-state index contributed by atoms with van der Waals surface area (Å²) in [6, 6.07) is 15.4. The summed E-state index contributed by atoms with van der Waals surface area (Å²) in [4.78, 5) is 14.1. The fourth-order valence-corrected chi connectivity index (χ4v) is 2.02. The van der Waals surface area contributed by atoms with E-state index in [2.05, 4.69) is 0 Å². The van der Waals surface area contributed by atoms with Crippen LogP contribution in [0.4, 0.5) is 5.69 Å². The molecule has 0 spiro atoms. The first-order valence-corrected chi connectivity index (χ1v) is 6.24. The van der Waals surface area contributed by atoms with Gasteiger partial charge in [0, 0.05) is 24.8 Å². The smallest absolute Gasteiger partial charge is 0.254 e. The number of carbonyl (C=O) groups is 1. The Kier molecular flexibility index (Phi) is 3.85. The maximum absolute atomic E-state index is 12.4. The molecule has 3 heteroatoms. The van der Waals surface area contributed by atoms with E-state index in [4.69, 9.17) is 5.73 Å². The molecule has 0 saturated carbocycles. The van der Waals surface area contributed by atoms with E-state index in [1.165, 1.54) is 0 Å². The zero-order valence-electron chi connectivity index (χ0n) is 11.3. The molecule has 0 aliphatic heterocycles. The molecule has 0 saturated heterocycles. The second kappa shape index (κ2) is 5.57. The van der Waals surface area contributed by atoms with Crippen LogP contribution in [0.5, 0.6) is 0 Å². The molecule has 0 bridgehead atoms. The van der Waals surface area contributed by atoms with Gasteiger partial charge in [-0.2, -0.15) is 0 Å². The third-order valence-corrected chi connectivity index (χ3v) is 3.22. The van der Waals surface area contributed by atoms with Crippen molar-refractivity contribution < 1.29 is 4.79 Å². The largest absolute Gasteiger partial charge is 0.398 e. The molecular formula is C16H18N2O. The molecule has 2 rings (SSSR count). The topological polar surface area (TPSA) is 46.3 Å². The first kappa shape index (κ1) is 13.1. The number of hydrogen-bond acceptors (Lipinski definition) is 2. The van der Waals surface area contributed by atoms with Crippen LogP contribution < -0.4 is 5.73 Å². The Morgan fingerprint density at radius 1 is 1.11 bits per heavy atom. The van der Waals surface area contributed by atoms with E-state index in [0.29, 0.717) is 17.8 Å². The van der Waals surface area contributed by atoms with E-state index in [0.717, 1.165) is 11.1 Å². The zero-order valence-corrected chi connectivity index (χ0v) is 11.3. The molecule has 0 aromatic heterocycles. The van der Waals surface area contributed by atoms with Crippen LogP contribution in [0.25, 0.3) is 0 Å². The molecule has 0 aliphatic rings. The number of nitrogens with zero attached hydrogens (tertiary/aromatic N) is 1. The highest BCUT2D eigenvalue weighted by atomic mass is 16.2. The lowest BCUT2D eigenvalue weighted by Gasteiger charge is -2.19. The molecule has 2 aromatic rings. The second-order valence-corrected chi connectivity index (χ2v) is 4.67. The molecule has 19 heavy (non-hydrogen) atoms. The van der Waals surface area contributed by atoms with Gasteiger partial charge in [-0.1, -0.05) is 36.4 Å². The van der Waals surface area contributed by atoms with Gasteiger partial charge in [0.25, 0.3) is 5.91 Å². The summed E-state index contributed by atoms with van der Waals surface area (Å²) in [6.07, 6.45) is 0. The minimum Gasteiger partial charge on any atom is -0.398 e. The van der Waals surface area contributed by atoms with Gasteiger partial charge in [-0.25, -0.2) is 0 Å². The van der Waals surface area contributed by atoms with Gasteiger partial charge in [0.15, 0.2) is 0 Å². The quantitative estimate of drug-likeness (QED) is 0.856.